The maximum Gasteiger partial charge on any atom is 0.262 e. The fraction of sp³-hybridized carbons (Fsp3) is 0.500. The molecule has 40 heavy (non-hydrogen) atoms. The molecule has 1 aromatic heterocycles. The van der Waals surface area contributed by atoms with E-state index >= 15 is 0 Å². The second-order valence-electron chi connectivity index (χ2n) is 11.4. The number of amides is 4. The fourth-order valence-electron chi connectivity index (χ4n) is 5.61. The number of Topliss-reactive ketones (excluding diaryl/α,β-unsaturated/α-hetero) is 1. The fourth-order valence-corrected chi connectivity index (χ4v) is 6.52. The lowest BCUT2D eigenvalue weighted by Gasteiger charge is -2.30. The summed E-state index contributed by atoms with van der Waals surface area (Å²) >= 11 is 1.36. The van der Waals surface area contributed by atoms with Crippen LogP contribution in [-0.2, 0) is 19.2 Å². The van der Waals surface area contributed by atoms with Gasteiger partial charge < -0.3 is 20.4 Å². The van der Waals surface area contributed by atoms with Gasteiger partial charge in [-0.15, -0.1) is 11.3 Å². The van der Waals surface area contributed by atoms with Gasteiger partial charge in [-0.05, 0) is 42.4 Å². The summed E-state index contributed by atoms with van der Waals surface area (Å²) in [7, 11) is 0. The first-order chi connectivity index (χ1) is 19.0. The maximum atomic E-state index is 13.8. The Kier molecular flexibility index (Phi) is 9.08. The number of carbonyl (C=O) groups is 5. The van der Waals surface area contributed by atoms with Crippen LogP contribution < -0.4 is 10.6 Å². The predicted octanol–water partition coefficient (Wildman–Crippen LogP) is 3.10. The maximum absolute atomic E-state index is 13.8. The Balaban J connectivity index is 1.49. The molecule has 2 saturated heterocycles. The van der Waals surface area contributed by atoms with Crippen molar-refractivity contribution >= 4 is 40.7 Å². The number of fused-ring (bicyclic) bond motifs is 1. The normalized spacial score (nSPS) is 20.0. The van der Waals surface area contributed by atoms with E-state index in [1.807, 2.05) is 64.1 Å². The van der Waals surface area contributed by atoms with E-state index in [0.717, 1.165) is 10.4 Å². The summed E-state index contributed by atoms with van der Waals surface area (Å²) in [6.45, 7) is 9.22. The van der Waals surface area contributed by atoms with Crippen LogP contribution in [0.2, 0.25) is 0 Å². The van der Waals surface area contributed by atoms with Crippen LogP contribution in [0.25, 0.3) is 10.4 Å². The van der Waals surface area contributed by atoms with Crippen molar-refractivity contribution in [1.82, 2.24) is 20.4 Å². The summed E-state index contributed by atoms with van der Waals surface area (Å²) in [5, 5.41) is 5.64. The Bertz CT molecular complexity index is 1270. The van der Waals surface area contributed by atoms with Crippen LogP contribution in [0.4, 0.5) is 0 Å². The molecule has 4 amide bonds. The highest BCUT2D eigenvalue weighted by molar-refractivity contribution is 7.17. The zero-order chi connectivity index (χ0) is 29.1. The molecule has 4 rings (SSSR count). The second-order valence-corrected chi connectivity index (χ2v) is 12.5. The Morgan fingerprint density at radius 1 is 0.950 bits per heavy atom. The van der Waals surface area contributed by atoms with E-state index in [9.17, 15) is 24.0 Å². The number of likely N-dealkylation sites (tertiary alicyclic amines) is 2. The number of benzene rings is 1. The molecule has 2 fully saturated rings. The highest BCUT2D eigenvalue weighted by Gasteiger charge is 2.53. The van der Waals surface area contributed by atoms with Crippen LogP contribution in [0, 0.1) is 11.8 Å². The molecule has 2 aliphatic heterocycles. The Labute approximate surface area is 239 Å². The largest absolute Gasteiger partial charge is 0.344 e. The molecule has 0 radical (unpaired) electrons. The van der Waals surface area contributed by atoms with Crippen molar-refractivity contribution in [1.29, 1.82) is 0 Å². The third-order valence-corrected chi connectivity index (χ3v) is 8.61. The van der Waals surface area contributed by atoms with E-state index in [1.165, 1.54) is 23.2 Å². The van der Waals surface area contributed by atoms with Gasteiger partial charge in [0.25, 0.3) is 5.91 Å². The van der Waals surface area contributed by atoms with E-state index in [0.29, 0.717) is 24.3 Å². The molecule has 0 bridgehead atoms. The molecule has 4 atom stereocenters. The van der Waals surface area contributed by atoms with E-state index in [2.05, 4.69) is 10.6 Å². The average molecular weight is 567 g/mol. The minimum absolute atomic E-state index is 0.0978. The first-order valence-electron chi connectivity index (χ1n) is 13.8. The van der Waals surface area contributed by atoms with Crippen LogP contribution in [0.5, 0.6) is 0 Å². The van der Waals surface area contributed by atoms with Gasteiger partial charge in [0.2, 0.25) is 17.7 Å². The topological polar surface area (TPSA) is 116 Å². The van der Waals surface area contributed by atoms with Gasteiger partial charge in [-0.3, -0.25) is 24.0 Å². The standard InChI is InChI=1S/C30H38N4O5S/c1-17(2)15-21(32-28(37)25-12-11-24(40-25)20-9-7-6-8-10-20)29(38)33-14-13-22-27(33)23(36)16-34(22)30(39)26(18(3)4)31-19(5)35/h6-12,17-18,21-22,26-27H,13-16H2,1-5H3,(H,31,35)(H,32,37). The molecule has 2 N–H and O–H groups in total. The molecular formula is C30H38N4O5S. The molecule has 2 aromatic rings. The van der Waals surface area contributed by atoms with Gasteiger partial charge in [-0.1, -0.05) is 58.0 Å². The van der Waals surface area contributed by atoms with Crippen LogP contribution in [0.15, 0.2) is 42.5 Å². The molecule has 4 unspecified atom stereocenters. The quantitative estimate of drug-likeness (QED) is 0.484. The number of hydrogen-bond donors (Lipinski definition) is 2. The smallest absolute Gasteiger partial charge is 0.262 e. The molecule has 0 spiro atoms. The molecule has 0 saturated carbocycles. The van der Waals surface area contributed by atoms with Crippen LogP contribution in [0.1, 0.15) is 57.1 Å². The molecule has 3 heterocycles. The molecule has 214 valence electrons. The number of rotatable bonds is 9. The molecular weight excluding hydrogens is 528 g/mol. The molecule has 0 aliphatic carbocycles. The molecule has 2 aliphatic rings. The van der Waals surface area contributed by atoms with Crippen molar-refractivity contribution in [2.24, 2.45) is 11.8 Å². The second kappa shape index (κ2) is 12.3. The third kappa shape index (κ3) is 6.27. The van der Waals surface area contributed by atoms with E-state index in [1.54, 1.807) is 11.0 Å². The van der Waals surface area contributed by atoms with Crippen molar-refractivity contribution < 1.29 is 24.0 Å². The predicted molar refractivity (Wildman–Crippen MR) is 154 cm³/mol. The summed E-state index contributed by atoms with van der Waals surface area (Å²) in [6, 6.07) is 10.7. The van der Waals surface area contributed by atoms with Crippen LogP contribution >= 0.6 is 11.3 Å². The number of nitrogens with one attached hydrogen (secondary N) is 2. The van der Waals surface area contributed by atoms with E-state index in [4.69, 9.17) is 0 Å². The number of nitrogens with zero attached hydrogens (tertiary/aromatic N) is 2. The highest BCUT2D eigenvalue weighted by Crippen LogP contribution is 2.32. The Morgan fingerprint density at radius 2 is 1.65 bits per heavy atom. The van der Waals surface area contributed by atoms with Crippen molar-refractivity contribution in [2.45, 2.75) is 71.6 Å². The number of hydrogen-bond acceptors (Lipinski definition) is 6. The van der Waals surface area contributed by atoms with Crippen LogP contribution in [0.3, 0.4) is 0 Å². The first kappa shape index (κ1) is 29.5. The van der Waals surface area contributed by atoms with Gasteiger partial charge in [-0.2, -0.15) is 0 Å². The Hall–Kier alpha value is -3.53. The highest BCUT2D eigenvalue weighted by atomic mass is 32.1. The lowest BCUT2D eigenvalue weighted by molar-refractivity contribution is -0.138. The third-order valence-electron chi connectivity index (χ3n) is 7.48. The minimum atomic E-state index is -0.797. The zero-order valence-electron chi connectivity index (χ0n) is 23.7. The molecule has 9 nitrogen and oxygen atoms in total. The van der Waals surface area contributed by atoms with Crippen molar-refractivity contribution in [3.63, 3.8) is 0 Å². The van der Waals surface area contributed by atoms with E-state index < -0.39 is 24.2 Å². The van der Waals surface area contributed by atoms with Gasteiger partial charge in [0.15, 0.2) is 5.78 Å². The summed E-state index contributed by atoms with van der Waals surface area (Å²) in [6.07, 6.45) is 0.886. The van der Waals surface area contributed by atoms with Gasteiger partial charge in [0.1, 0.15) is 18.1 Å². The summed E-state index contributed by atoms with van der Waals surface area (Å²) in [5.74, 6) is -1.49. The minimum Gasteiger partial charge on any atom is -0.344 e. The lowest BCUT2D eigenvalue weighted by atomic mass is 10.0. The number of thiophene rings is 1. The number of ketones is 1. The molecule has 10 heteroatoms. The van der Waals surface area contributed by atoms with Gasteiger partial charge in [0, 0.05) is 18.3 Å². The van der Waals surface area contributed by atoms with Gasteiger partial charge in [-0.25, -0.2) is 0 Å². The summed E-state index contributed by atoms with van der Waals surface area (Å²) in [5.41, 5.74) is 1.02. The van der Waals surface area contributed by atoms with Gasteiger partial charge in [0.05, 0.1) is 17.5 Å². The number of carbonyl (C=O) groups excluding carboxylic acids is 5. The monoisotopic (exact) mass is 566 g/mol. The summed E-state index contributed by atoms with van der Waals surface area (Å²) in [4.78, 5) is 69.8. The van der Waals surface area contributed by atoms with Crippen molar-refractivity contribution in [3.8, 4) is 10.4 Å². The van der Waals surface area contributed by atoms with Crippen molar-refractivity contribution in [3.05, 3.63) is 47.3 Å². The van der Waals surface area contributed by atoms with E-state index in [-0.39, 0.29) is 47.8 Å². The average Bonchev–Trinajstić information content (AvgIpc) is 3.63. The first-order valence-corrected chi connectivity index (χ1v) is 14.7. The lowest BCUT2D eigenvalue weighted by Crippen LogP contribution is -2.54. The SMILES string of the molecule is CC(=O)NC(C(=O)N1CC(=O)C2C1CCN2C(=O)C(CC(C)C)NC(=O)c1ccc(-c2ccccc2)s1)C(C)C. The zero-order valence-corrected chi connectivity index (χ0v) is 24.5. The Morgan fingerprint density at radius 3 is 2.27 bits per heavy atom. The summed E-state index contributed by atoms with van der Waals surface area (Å²) < 4.78 is 0. The van der Waals surface area contributed by atoms with Crippen LogP contribution in [-0.4, -0.2) is 76.5 Å². The molecule has 1 aromatic carbocycles. The van der Waals surface area contributed by atoms with Crippen molar-refractivity contribution in [2.75, 3.05) is 13.1 Å². The van der Waals surface area contributed by atoms with Gasteiger partial charge >= 0.3 is 0 Å².